The van der Waals surface area contributed by atoms with Crippen molar-refractivity contribution in [2.24, 2.45) is 0 Å². The minimum Gasteiger partial charge on any atom is -0.294 e. The van der Waals surface area contributed by atoms with Crippen LogP contribution in [0.15, 0.2) is 42.5 Å². The van der Waals surface area contributed by atoms with Crippen LogP contribution in [0.4, 0.5) is 5.69 Å². The highest BCUT2D eigenvalue weighted by atomic mass is 35.5. The van der Waals surface area contributed by atoms with Crippen molar-refractivity contribution < 1.29 is 9.72 Å². The van der Waals surface area contributed by atoms with E-state index >= 15 is 0 Å². The van der Waals surface area contributed by atoms with E-state index in [0.717, 1.165) is 0 Å². The lowest BCUT2D eigenvalue weighted by Gasteiger charge is -2.04. The van der Waals surface area contributed by atoms with Crippen LogP contribution in [-0.4, -0.2) is 10.7 Å². The molecule has 2 aromatic rings. The molecule has 0 aliphatic carbocycles. The van der Waals surface area contributed by atoms with Gasteiger partial charge in [0.25, 0.3) is 5.69 Å². The molecule has 0 spiro atoms. The molecule has 0 heterocycles. The van der Waals surface area contributed by atoms with E-state index in [0.29, 0.717) is 10.6 Å². The Labute approximate surface area is 125 Å². The fraction of sp³-hybridized carbons (Fsp3) is 0.0714. The normalized spacial score (nSPS) is 10.3. The predicted molar refractivity (Wildman–Crippen MR) is 77.6 cm³/mol. The number of carbonyl (C=O) groups excluding carboxylic acids is 1. The number of hydrogen-bond donors (Lipinski definition) is 0. The Bertz CT molecular complexity index is 686. The Kier molecular flexibility index (Phi) is 4.37. The number of nitro benzene ring substituents is 1. The van der Waals surface area contributed by atoms with Gasteiger partial charge in [0.05, 0.1) is 10.5 Å². The maximum Gasteiger partial charge on any atom is 0.281 e. The Hall–Kier alpha value is -1.91. The Balaban J connectivity index is 2.32. The van der Waals surface area contributed by atoms with Gasteiger partial charge in [-0.1, -0.05) is 35.3 Å². The molecule has 0 bridgehead atoms. The highest BCUT2D eigenvalue weighted by molar-refractivity contribution is 6.31. The highest BCUT2D eigenvalue weighted by Crippen LogP contribution is 2.25. The van der Waals surface area contributed by atoms with E-state index in [9.17, 15) is 14.9 Å². The molecule has 0 saturated heterocycles. The topological polar surface area (TPSA) is 60.2 Å². The maximum absolute atomic E-state index is 12.2. The average molecular weight is 310 g/mol. The van der Waals surface area contributed by atoms with Crippen LogP contribution in [0, 0.1) is 10.1 Å². The Morgan fingerprint density at radius 1 is 1.10 bits per heavy atom. The SMILES string of the molecule is O=C(Cc1cccc(Cl)c1)c1ccc(Cl)cc1[N+](=O)[O-]. The maximum atomic E-state index is 12.2. The Morgan fingerprint density at radius 2 is 1.80 bits per heavy atom. The molecule has 2 rings (SSSR count). The summed E-state index contributed by atoms with van der Waals surface area (Å²) in [7, 11) is 0. The van der Waals surface area contributed by atoms with E-state index < -0.39 is 4.92 Å². The first-order valence-corrected chi connectivity index (χ1v) is 6.44. The quantitative estimate of drug-likeness (QED) is 0.480. The summed E-state index contributed by atoms with van der Waals surface area (Å²) in [6.07, 6.45) is 0.0447. The smallest absolute Gasteiger partial charge is 0.281 e. The number of rotatable bonds is 4. The predicted octanol–water partition coefficient (Wildman–Crippen LogP) is 4.33. The van der Waals surface area contributed by atoms with Crippen LogP contribution in [0.3, 0.4) is 0 Å². The van der Waals surface area contributed by atoms with E-state index in [-0.39, 0.29) is 28.5 Å². The van der Waals surface area contributed by atoms with E-state index in [4.69, 9.17) is 23.2 Å². The zero-order valence-corrected chi connectivity index (χ0v) is 11.7. The molecule has 20 heavy (non-hydrogen) atoms. The molecule has 2 aromatic carbocycles. The largest absolute Gasteiger partial charge is 0.294 e. The first-order valence-electron chi connectivity index (χ1n) is 5.69. The number of halogens is 2. The van der Waals surface area contributed by atoms with Crippen molar-refractivity contribution >= 4 is 34.7 Å². The van der Waals surface area contributed by atoms with Crippen LogP contribution >= 0.6 is 23.2 Å². The fourth-order valence-electron chi connectivity index (χ4n) is 1.82. The van der Waals surface area contributed by atoms with Crippen LogP contribution in [0.1, 0.15) is 15.9 Å². The van der Waals surface area contributed by atoms with Crippen LogP contribution in [0.2, 0.25) is 10.0 Å². The third-order valence-electron chi connectivity index (χ3n) is 2.71. The van der Waals surface area contributed by atoms with Gasteiger partial charge >= 0.3 is 0 Å². The molecule has 0 saturated carbocycles. The van der Waals surface area contributed by atoms with Gasteiger partial charge in [0, 0.05) is 22.5 Å². The minimum atomic E-state index is -0.614. The molecule has 0 aromatic heterocycles. The third-order valence-corrected chi connectivity index (χ3v) is 3.18. The van der Waals surface area contributed by atoms with Crippen molar-refractivity contribution in [1.82, 2.24) is 0 Å². The zero-order chi connectivity index (χ0) is 14.7. The Morgan fingerprint density at radius 3 is 2.45 bits per heavy atom. The minimum absolute atomic E-state index is 0.0411. The molecule has 0 fully saturated rings. The molecule has 0 aliphatic rings. The van der Waals surface area contributed by atoms with Gasteiger partial charge in [0.1, 0.15) is 0 Å². The van der Waals surface area contributed by atoms with Crippen molar-refractivity contribution in [3.8, 4) is 0 Å². The summed E-state index contributed by atoms with van der Waals surface area (Å²) in [6, 6.07) is 10.8. The second kappa shape index (κ2) is 6.03. The number of ketones is 1. The molecule has 4 nitrogen and oxygen atoms in total. The fourth-order valence-corrected chi connectivity index (χ4v) is 2.20. The van der Waals surface area contributed by atoms with Gasteiger partial charge < -0.3 is 0 Å². The second-order valence-corrected chi connectivity index (χ2v) is 5.02. The summed E-state index contributed by atoms with van der Waals surface area (Å²) in [5, 5.41) is 11.7. The summed E-state index contributed by atoms with van der Waals surface area (Å²) >= 11 is 11.6. The third kappa shape index (κ3) is 3.35. The van der Waals surface area contributed by atoms with E-state index in [2.05, 4.69) is 0 Å². The van der Waals surface area contributed by atoms with Gasteiger partial charge in [-0.25, -0.2) is 0 Å². The first kappa shape index (κ1) is 14.5. The van der Waals surface area contributed by atoms with Crippen molar-refractivity contribution in [2.45, 2.75) is 6.42 Å². The molecule has 0 unspecified atom stereocenters. The molecular weight excluding hydrogens is 301 g/mol. The number of nitro groups is 1. The van der Waals surface area contributed by atoms with Gasteiger partial charge in [0.15, 0.2) is 5.78 Å². The van der Waals surface area contributed by atoms with Crippen LogP contribution in [0.5, 0.6) is 0 Å². The van der Waals surface area contributed by atoms with Crippen molar-refractivity contribution in [3.63, 3.8) is 0 Å². The molecule has 0 N–H and O–H groups in total. The number of nitrogens with zero attached hydrogens (tertiary/aromatic N) is 1. The lowest BCUT2D eigenvalue weighted by atomic mass is 10.0. The van der Waals surface area contributed by atoms with Gasteiger partial charge in [-0.3, -0.25) is 14.9 Å². The zero-order valence-electron chi connectivity index (χ0n) is 10.2. The number of benzene rings is 2. The number of hydrogen-bond acceptors (Lipinski definition) is 3. The first-order chi connectivity index (χ1) is 9.47. The summed E-state index contributed by atoms with van der Waals surface area (Å²) in [5.41, 5.74) is 0.454. The van der Waals surface area contributed by atoms with Gasteiger partial charge in [-0.15, -0.1) is 0 Å². The van der Waals surface area contributed by atoms with Crippen LogP contribution < -0.4 is 0 Å². The lowest BCUT2D eigenvalue weighted by molar-refractivity contribution is -0.385. The van der Waals surface area contributed by atoms with Crippen molar-refractivity contribution in [3.05, 3.63) is 73.8 Å². The van der Waals surface area contributed by atoms with Crippen LogP contribution in [-0.2, 0) is 6.42 Å². The van der Waals surface area contributed by atoms with E-state index in [1.54, 1.807) is 24.3 Å². The highest BCUT2D eigenvalue weighted by Gasteiger charge is 2.20. The van der Waals surface area contributed by atoms with Crippen molar-refractivity contribution in [1.29, 1.82) is 0 Å². The average Bonchev–Trinajstić information content (AvgIpc) is 2.38. The van der Waals surface area contributed by atoms with E-state index in [1.165, 1.54) is 18.2 Å². The summed E-state index contributed by atoms with van der Waals surface area (Å²) in [4.78, 5) is 22.5. The summed E-state index contributed by atoms with van der Waals surface area (Å²) in [6.45, 7) is 0. The molecule has 102 valence electrons. The van der Waals surface area contributed by atoms with Crippen LogP contribution in [0.25, 0.3) is 0 Å². The van der Waals surface area contributed by atoms with Gasteiger partial charge in [0.2, 0.25) is 0 Å². The molecular formula is C14H9Cl2NO3. The molecule has 0 aliphatic heterocycles. The summed E-state index contributed by atoms with van der Waals surface area (Å²) < 4.78 is 0. The second-order valence-electron chi connectivity index (χ2n) is 4.15. The van der Waals surface area contributed by atoms with Crippen molar-refractivity contribution in [2.75, 3.05) is 0 Å². The molecule has 0 amide bonds. The van der Waals surface area contributed by atoms with Gasteiger partial charge in [-0.2, -0.15) is 0 Å². The number of carbonyl (C=O) groups is 1. The number of Topliss-reactive ketones (excluding diaryl/α,β-unsaturated/α-hetero) is 1. The van der Waals surface area contributed by atoms with Gasteiger partial charge in [-0.05, 0) is 29.8 Å². The monoisotopic (exact) mass is 309 g/mol. The lowest BCUT2D eigenvalue weighted by Crippen LogP contribution is -2.07. The molecule has 0 radical (unpaired) electrons. The molecule has 6 heteroatoms. The standard InChI is InChI=1S/C14H9Cl2NO3/c15-10-3-1-2-9(6-10)7-14(18)12-5-4-11(16)8-13(12)17(19)20/h1-6,8H,7H2. The van der Waals surface area contributed by atoms with E-state index in [1.807, 2.05) is 0 Å². The molecule has 0 atom stereocenters. The summed E-state index contributed by atoms with van der Waals surface area (Å²) in [5.74, 6) is -0.351.